The molecule has 1 aromatic heterocycles. The van der Waals surface area contributed by atoms with Gasteiger partial charge >= 0.3 is 0 Å². The molecule has 0 bridgehead atoms. The largest absolute Gasteiger partial charge is 0.388 e. The number of rotatable bonds is 2. The van der Waals surface area contributed by atoms with Crippen molar-refractivity contribution in [2.75, 3.05) is 24.5 Å². The van der Waals surface area contributed by atoms with E-state index in [9.17, 15) is 9.90 Å². The third kappa shape index (κ3) is 2.76. The molecule has 94 valence electrons. The Labute approximate surface area is 104 Å². The Morgan fingerprint density at radius 2 is 2.29 bits per heavy atom. The van der Waals surface area contributed by atoms with Gasteiger partial charge in [0.1, 0.15) is 0 Å². The number of carbonyl (C=O) groups is 1. The summed E-state index contributed by atoms with van der Waals surface area (Å²) in [5, 5.41) is 13.3. The molecule has 0 aromatic carbocycles. The lowest BCUT2D eigenvalue weighted by Crippen LogP contribution is -2.28. The number of aliphatic hydroxyl groups excluding tert-OH is 1. The highest BCUT2D eigenvalue weighted by molar-refractivity contribution is 7.15. The van der Waals surface area contributed by atoms with E-state index in [2.05, 4.69) is 15.2 Å². The fourth-order valence-corrected chi connectivity index (χ4v) is 2.93. The smallest absolute Gasteiger partial charge is 0.221 e. The van der Waals surface area contributed by atoms with Crippen LogP contribution in [0.2, 0.25) is 0 Å². The first-order valence-electron chi connectivity index (χ1n) is 5.75. The van der Waals surface area contributed by atoms with Crippen molar-refractivity contribution in [3.8, 4) is 0 Å². The van der Waals surface area contributed by atoms with Gasteiger partial charge in [0.05, 0.1) is 16.7 Å². The van der Waals surface area contributed by atoms with Gasteiger partial charge in [-0.3, -0.25) is 4.79 Å². The molecule has 6 heteroatoms. The molecular formula is C11H17N3O2S. The van der Waals surface area contributed by atoms with E-state index in [1.807, 2.05) is 6.92 Å². The van der Waals surface area contributed by atoms with Crippen molar-refractivity contribution in [1.29, 1.82) is 0 Å². The first kappa shape index (κ1) is 12.3. The molecule has 0 spiro atoms. The van der Waals surface area contributed by atoms with Gasteiger partial charge in [-0.1, -0.05) is 11.3 Å². The van der Waals surface area contributed by atoms with Crippen LogP contribution < -0.4 is 10.2 Å². The van der Waals surface area contributed by atoms with E-state index in [4.69, 9.17) is 0 Å². The van der Waals surface area contributed by atoms with Crippen LogP contribution >= 0.6 is 11.3 Å². The topological polar surface area (TPSA) is 65.5 Å². The average Bonchev–Trinajstić information content (AvgIpc) is 2.52. The molecule has 2 N–H and O–H groups in total. The number of thiazole rings is 1. The van der Waals surface area contributed by atoms with E-state index in [-0.39, 0.29) is 5.91 Å². The summed E-state index contributed by atoms with van der Waals surface area (Å²) in [5.74, 6) is 0.0940. The Kier molecular flexibility index (Phi) is 3.63. The third-order valence-electron chi connectivity index (χ3n) is 2.78. The molecular weight excluding hydrogens is 238 g/mol. The van der Waals surface area contributed by atoms with Crippen LogP contribution in [-0.2, 0) is 4.79 Å². The van der Waals surface area contributed by atoms with Gasteiger partial charge in [-0.15, -0.1) is 0 Å². The van der Waals surface area contributed by atoms with Gasteiger partial charge in [0, 0.05) is 26.1 Å². The molecule has 1 aliphatic heterocycles. The van der Waals surface area contributed by atoms with Crippen LogP contribution in [0.15, 0.2) is 0 Å². The first-order chi connectivity index (χ1) is 8.08. The van der Waals surface area contributed by atoms with Crippen LogP contribution in [-0.4, -0.2) is 35.6 Å². The highest BCUT2D eigenvalue weighted by atomic mass is 32.1. The molecule has 1 unspecified atom stereocenters. The molecule has 1 aromatic rings. The maximum absolute atomic E-state index is 11.2. The number of nitrogens with one attached hydrogen (secondary N) is 1. The molecule has 2 rings (SSSR count). The Morgan fingerprint density at radius 1 is 1.53 bits per heavy atom. The molecule has 5 nitrogen and oxygen atoms in total. The summed E-state index contributed by atoms with van der Waals surface area (Å²) in [6.45, 7) is 5.78. The van der Waals surface area contributed by atoms with Gasteiger partial charge in [-0.2, -0.15) is 0 Å². The van der Waals surface area contributed by atoms with Crippen molar-refractivity contribution < 1.29 is 9.90 Å². The van der Waals surface area contributed by atoms with Crippen LogP contribution in [0.5, 0.6) is 0 Å². The zero-order valence-electron chi connectivity index (χ0n) is 10.1. The van der Waals surface area contributed by atoms with Gasteiger partial charge in [0.2, 0.25) is 5.91 Å². The summed E-state index contributed by atoms with van der Waals surface area (Å²) in [7, 11) is 0. The van der Waals surface area contributed by atoms with Crippen LogP contribution in [0.3, 0.4) is 0 Å². The van der Waals surface area contributed by atoms with Crippen LogP contribution in [0.4, 0.5) is 5.13 Å². The lowest BCUT2D eigenvalue weighted by Gasteiger charge is -2.17. The van der Waals surface area contributed by atoms with Crippen molar-refractivity contribution in [2.24, 2.45) is 0 Å². The van der Waals surface area contributed by atoms with Gasteiger partial charge in [-0.05, 0) is 13.8 Å². The van der Waals surface area contributed by atoms with E-state index in [0.29, 0.717) is 19.5 Å². The monoisotopic (exact) mass is 255 g/mol. The molecule has 17 heavy (non-hydrogen) atoms. The Hall–Kier alpha value is -1.14. The molecule has 1 amide bonds. The predicted octanol–water partition coefficient (Wildman–Crippen LogP) is 0.831. The van der Waals surface area contributed by atoms with Crippen molar-refractivity contribution in [3.63, 3.8) is 0 Å². The number of hydrogen-bond donors (Lipinski definition) is 2. The average molecular weight is 255 g/mol. The molecule has 1 saturated heterocycles. The number of aryl methyl sites for hydroxylation is 1. The highest BCUT2D eigenvalue weighted by Crippen LogP contribution is 2.30. The number of carbonyl (C=O) groups excluding carboxylic acids is 1. The van der Waals surface area contributed by atoms with Crippen LogP contribution in [0, 0.1) is 6.92 Å². The van der Waals surface area contributed by atoms with Gasteiger partial charge in [0.25, 0.3) is 0 Å². The highest BCUT2D eigenvalue weighted by Gasteiger charge is 2.19. The van der Waals surface area contributed by atoms with Crippen molar-refractivity contribution >= 4 is 22.4 Å². The maximum Gasteiger partial charge on any atom is 0.221 e. The zero-order valence-corrected chi connectivity index (χ0v) is 10.9. The zero-order chi connectivity index (χ0) is 12.4. The van der Waals surface area contributed by atoms with E-state index >= 15 is 0 Å². The summed E-state index contributed by atoms with van der Waals surface area (Å²) in [6.07, 6.45) is 0.0239. The number of aromatic nitrogens is 1. The van der Waals surface area contributed by atoms with E-state index in [1.165, 1.54) is 11.3 Å². The third-order valence-corrected chi connectivity index (χ3v) is 4.17. The minimum atomic E-state index is -0.479. The molecule has 0 radical (unpaired) electrons. The normalized spacial score (nSPS) is 18.8. The van der Waals surface area contributed by atoms with Gasteiger partial charge in [-0.25, -0.2) is 4.98 Å². The number of amides is 1. The fourth-order valence-electron chi connectivity index (χ4n) is 1.87. The Morgan fingerprint density at radius 3 is 2.94 bits per heavy atom. The number of anilines is 1. The van der Waals surface area contributed by atoms with E-state index < -0.39 is 6.10 Å². The number of aliphatic hydroxyl groups is 1. The van der Waals surface area contributed by atoms with Gasteiger partial charge < -0.3 is 15.3 Å². The summed E-state index contributed by atoms with van der Waals surface area (Å²) in [4.78, 5) is 18.7. The first-order valence-corrected chi connectivity index (χ1v) is 6.56. The summed E-state index contributed by atoms with van der Waals surface area (Å²) in [6, 6.07) is 0. The second-order valence-corrected chi connectivity index (χ2v) is 5.22. The quantitative estimate of drug-likeness (QED) is 0.821. The lowest BCUT2D eigenvalue weighted by molar-refractivity contribution is -0.120. The molecule has 1 aliphatic rings. The van der Waals surface area contributed by atoms with Crippen LogP contribution in [0.1, 0.15) is 30.0 Å². The second-order valence-electron chi connectivity index (χ2n) is 4.21. The summed E-state index contributed by atoms with van der Waals surface area (Å²) in [5.41, 5.74) is 0.878. The van der Waals surface area contributed by atoms with Crippen molar-refractivity contribution in [1.82, 2.24) is 10.3 Å². The minimum Gasteiger partial charge on any atom is -0.388 e. The Balaban J connectivity index is 2.16. The lowest BCUT2D eigenvalue weighted by atomic mass is 10.3. The second kappa shape index (κ2) is 5.01. The van der Waals surface area contributed by atoms with Crippen molar-refractivity contribution in [2.45, 2.75) is 26.4 Å². The molecule has 0 saturated carbocycles. The fraction of sp³-hybridized carbons (Fsp3) is 0.636. The van der Waals surface area contributed by atoms with Crippen LogP contribution in [0.25, 0.3) is 0 Å². The predicted molar refractivity (Wildman–Crippen MR) is 67.3 cm³/mol. The van der Waals surface area contributed by atoms with Gasteiger partial charge in [0.15, 0.2) is 5.13 Å². The molecule has 2 heterocycles. The summed E-state index contributed by atoms with van der Waals surface area (Å²) >= 11 is 1.51. The van der Waals surface area contributed by atoms with Crippen molar-refractivity contribution in [3.05, 3.63) is 10.6 Å². The van der Waals surface area contributed by atoms with E-state index in [1.54, 1.807) is 6.92 Å². The molecule has 1 atom stereocenters. The van der Waals surface area contributed by atoms with E-state index in [0.717, 1.165) is 22.2 Å². The number of nitrogens with zero attached hydrogens (tertiary/aromatic N) is 2. The standard InChI is InChI=1S/C11H17N3O2S/c1-7-10(8(2)15)17-11(13-7)14-5-3-9(16)12-4-6-14/h8,15H,3-6H2,1-2H3,(H,12,16). The minimum absolute atomic E-state index is 0.0940. The SMILES string of the molecule is Cc1nc(N2CCNC(=O)CC2)sc1C(C)O. The molecule has 1 fully saturated rings. The summed E-state index contributed by atoms with van der Waals surface area (Å²) < 4.78 is 0. The molecule has 0 aliphatic carbocycles. The Bertz CT molecular complexity index is 417. The number of hydrogen-bond acceptors (Lipinski definition) is 5. The maximum atomic E-state index is 11.2.